The molecule has 1 amide bonds. The van der Waals surface area contributed by atoms with Gasteiger partial charge in [-0.05, 0) is 36.3 Å². The van der Waals surface area contributed by atoms with Crippen LogP contribution in [0.3, 0.4) is 0 Å². The molecule has 1 aliphatic rings. The number of benzene rings is 1. The molecule has 1 atom stereocenters. The molecule has 0 radical (unpaired) electrons. The topological polar surface area (TPSA) is 38.3 Å². The summed E-state index contributed by atoms with van der Waals surface area (Å²) in [6, 6.07) is 5.91. The van der Waals surface area contributed by atoms with Gasteiger partial charge in [0.25, 0.3) is 0 Å². The minimum atomic E-state index is 0.0957. The molecule has 19 heavy (non-hydrogen) atoms. The number of nitrogens with one attached hydrogen (secondary N) is 1. The van der Waals surface area contributed by atoms with Crippen molar-refractivity contribution >= 4 is 11.6 Å². The molecule has 1 aromatic rings. The second-order valence-corrected chi connectivity index (χ2v) is 6.51. The molecule has 0 saturated carbocycles. The van der Waals surface area contributed by atoms with Crippen LogP contribution >= 0.6 is 0 Å². The fraction of sp³-hybridized carbons (Fsp3) is 0.562. The fourth-order valence-corrected chi connectivity index (χ4v) is 2.65. The molecule has 0 bridgehead atoms. The van der Waals surface area contributed by atoms with Crippen LogP contribution in [0.4, 0.5) is 5.69 Å². The average Bonchev–Trinajstić information content (AvgIpc) is 2.47. The Balaban J connectivity index is 2.19. The van der Waals surface area contributed by atoms with Crippen LogP contribution in [0, 0.1) is 11.3 Å². The maximum Gasteiger partial charge on any atom is 0.227 e. The Bertz CT molecular complexity index is 474. The molecule has 3 heteroatoms. The summed E-state index contributed by atoms with van der Waals surface area (Å²) in [5.74, 6) is 1.02. The van der Waals surface area contributed by atoms with Crippen molar-refractivity contribution in [3.8, 4) is 5.75 Å². The molecule has 1 unspecified atom stereocenters. The Morgan fingerprint density at radius 1 is 1.37 bits per heavy atom. The molecule has 1 aliphatic heterocycles. The van der Waals surface area contributed by atoms with Crippen molar-refractivity contribution in [1.29, 1.82) is 0 Å². The normalized spacial score (nSPS) is 19.4. The summed E-state index contributed by atoms with van der Waals surface area (Å²) in [5.41, 5.74) is 2.28. The molecule has 1 N–H and O–H groups in total. The van der Waals surface area contributed by atoms with E-state index in [1.807, 2.05) is 18.2 Å². The number of amides is 1. The molecule has 0 aromatic heterocycles. The minimum Gasteiger partial charge on any atom is -0.497 e. The summed E-state index contributed by atoms with van der Waals surface area (Å²) in [7, 11) is 1.64. The monoisotopic (exact) mass is 261 g/mol. The molecule has 0 aliphatic carbocycles. The van der Waals surface area contributed by atoms with Gasteiger partial charge in [-0.25, -0.2) is 0 Å². The summed E-state index contributed by atoms with van der Waals surface area (Å²) in [6.07, 6.45) is 2.78. The van der Waals surface area contributed by atoms with Gasteiger partial charge in [-0.15, -0.1) is 0 Å². The maximum absolute atomic E-state index is 12.3. The predicted molar refractivity (Wildman–Crippen MR) is 77.5 cm³/mol. The first-order valence-electron chi connectivity index (χ1n) is 6.87. The van der Waals surface area contributed by atoms with E-state index in [1.54, 1.807) is 7.11 Å². The number of hydrogen-bond acceptors (Lipinski definition) is 2. The van der Waals surface area contributed by atoms with Gasteiger partial charge in [0.2, 0.25) is 5.91 Å². The minimum absolute atomic E-state index is 0.0957. The second-order valence-electron chi connectivity index (χ2n) is 6.51. The summed E-state index contributed by atoms with van der Waals surface area (Å²) >= 11 is 0. The molecule has 0 fully saturated rings. The smallest absolute Gasteiger partial charge is 0.227 e. The number of fused-ring (bicyclic) bond motifs is 1. The first-order chi connectivity index (χ1) is 8.89. The van der Waals surface area contributed by atoms with Crippen molar-refractivity contribution in [2.45, 2.75) is 40.0 Å². The van der Waals surface area contributed by atoms with Gasteiger partial charge in [-0.3, -0.25) is 4.79 Å². The van der Waals surface area contributed by atoms with Crippen molar-refractivity contribution in [1.82, 2.24) is 0 Å². The predicted octanol–water partition coefficient (Wildman–Crippen LogP) is 3.63. The third-order valence-corrected chi connectivity index (χ3v) is 3.57. The number of methoxy groups -OCH3 is 1. The summed E-state index contributed by atoms with van der Waals surface area (Å²) in [4.78, 5) is 12.3. The van der Waals surface area contributed by atoms with E-state index in [2.05, 4.69) is 26.1 Å². The molecular formula is C16H23NO2. The quantitative estimate of drug-likeness (QED) is 0.882. The van der Waals surface area contributed by atoms with Crippen molar-refractivity contribution in [2.24, 2.45) is 11.3 Å². The van der Waals surface area contributed by atoms with Crippen molar-refractivity contribution in [3.05, 3.63) is 23.8 Å². The first kappa shape index (κ1) is 13.9. The van der Waals surface area contributed by atoms with Crippen LogP contribution < -0.4 is 10.1 Å². The average molecular weight is 261 g/mol. The van der Waals surface area contributed by atoms with E-state index in [9.17, 15) is 4.79 Å². The Labute approximate surface area is 115 Å². The Morgan fingerprint density at radius 2 is 2.11 bits per heavy atom. The summed E-state index contributed by atoms with van der Waals surface area (Å²) < 4.78 is 5.21. The standard InChI is InChI=1S/C16H23NO2/c1-16(2,3)10-12-6-5-11-7-8-13(19-4)9-14(11)17-15(12)18/h7-9,12H,5-6,10H2,1-4H3,(H,17,18). The molecule has 104 valence electrons. The first-order valence-corrected chi connectivity index (χ1v) is 6.87. The largest absolute Gasteiger partial charge is 0.497 e. The second kappa shape index (κ2) is 5.24. The molecular weight excluding hydrogens is 238 g/mol. The Kier molecular flexibility index (Phi) is 3.83. The number of rotatable bonds is 2. The number of anilines is 1. The van der Waals surface area contributed by atoms with Crippen molar-refractivity contribution in [2.75, 3.05) is 12.4 Å². The zero-order valence-corrected chi connectivity index (χ0v) is 12.2. The highest BCUT2D eigenvalue weighted by molar-refractivity contribution is 5.94. The zero-order chi connectivity index (χ0) is 14.0. The van der Waals surface area contributed by atoms with Crippen LogP contribution in [0.15, 0.2) is 18.2 Å². The van der Waals surface area contributed by atoms with Crippen LogP contribution in [0.5, 0.6) is 5.75 Å². The maximum atomic E-state index is 12.3. The Morgan fingerprint density at radius 3 is 2.74 bits per heavy atom. The number of hydrogen-bond donors (Lipinski definition) is 1. The van der Waals surface area contributed by atoms with Gasteiger partial charge >= 0.3 is 0 Å². The number of ether oxygens (including phenoxy) is 1. The van der Waals surface area contributed by atoms with Crippen LogP contribution in [0.2, 0.25) is 0 Å². The van der Waals surface area contributed by atoms with Crippen molar-refractivity contribution < 1.29 is 9.53 Å². The zero-order valence-electron chi connectivity index (χ0n) is 12.2. The lowest BCUT2D eigenvalue weighted by Crippen LogP contribution is -2.25. The Hall–Kier alpha value is -1.51. The van der Waals surface area contributed by atoms with Gasteiger partial charge in [0.1, 0.15) is 5.75 Å². The van der Waals surface area contributed by atoms with E-state index in [0.29, 0.717) is 0 Å². The summed E-state index contributed by atoms with van der Waals surface area (Å²) in [6.45, 7) is 6.55. The summed E-state index contributed by atoms with van der Waals surface area (Å²) in [5, 5.41) is 3.05. The highest BCUT2D eigenvalue weighted by atomic mass is 16.5. The lowest BCUT2D eigenvalue weighted by Gasteiger charge is -2.23. The van der Waals surface area contributed by atoms with Gasteiger partial charge in [-0.2, -0.15) is 0 Å². The highest BCUT2D eigenvalue weighted by Gasteiger charge is 2.27. The van der Waals surface area contributed by atoms with Gasteiger partial charge in [0, 0.05) is 17.7 Å². The molecule has 0 spiro atoms. The van der Waals surface area contributed by atoms with E-state index in [4.69, 9.17) is 4.74 Å². The third kappa shape index (κ3) is 3.49. The van der Waals surface area contributed by atoms with Crippen LogP contribution in [0.1, 0.15) is 39.2 Å². The molecule has 1 aromatic carbocycles. The number of carbonyl (C=O) groups excluding carboxylic acids is 1. The lowest BCUT2D eigenvalue weighted by atomic mass is 9.82. The lowest BCUT2D eigenvalue weighted by molar-refractivity contribution is -0.120. The molecule has 0 saturated heterocycles. The SMILES string of the molecule is COc1ccc2c(c1)NC(=O)C(CC(C)(C)C)CC2. The van der Waals surface area contributed by atoms with Crippen LogP contribution in [0.25, 0.3) is 0 Å². The van der Waals surface area contributed by atoms with E-state index in [1.165, 1.54) is 5.56 Å². The van der Waals surface area contributed by atoms with Gasteiger partial charge in [-0.1, -0.05) is 26.8 Å². The highest BCUT2D eigenvalue weighted by Crippen LogP contribution is 2.33. The van der Waals surface area contributed by atoms with Gasteiger partial charge < -0.3 is 10.1 Å². The van der Waals surface area contributed by atoms with E-state index >= 15 is 0 Å². The van der Waals surface area contributed by atoms with Gasteiger partial charge in [0.05, 0.1) is 7.11 Å². The van der Waals surface area contributed by atoms with Crippen LogP contribution in [-0.2, 0) is 11.2 Å². The van der Waals surface area contributed by atoms with E-state index in [-0.39, 0.29) is 17.2 Å². The number of aryl methyl sites for hydroxylation is 1. The van der Waals surface area contributed by atoms with Gasteiger partial charge in [0.15, 0.2) is 0 Å². The van der Waals surface area contributed by atoms with E-state index in [0.717, 1.165) is 30.7 Å². The third-order valence-electron chi connectivity index (χ3n) is 3.57. The number of carbonyl (C=O) groups is 1. The van der Waals surface area contributed by atoms with Crippen molar-refractivity contribution in [3.63, 3.8) is 0 Å². The van der Waals surface area contributed by atoms with Crippen LogP contribution in [-0.4, -0.2) is 13.0 Å². The molecule has 1 heterocycles. The molecule has 2 rings (SSSR count). The van der Waals surface area contributed by atoms with E-state index < -0.39 is 0 Å². The fourth-order valence-electron chi connectivity index (χ4n) is 2.65. The molecule has 3 nitrogen and oxygen atoms in total.